The second kappa shape index (κ2) is 5.78. The third-order valence-corrected chi connectivity index (χ3v) is 4.33. The van der Waals surface area contributed by atoms with Gasteiger partial charge in [-0.05, 0) is 39.7 Å². The number of hydrogen-bond donors (Lipinski definition) is 0. The van der Waals surface area contributed by atoms with Gasteiger partial charge in [0.25, 0.3) is 0 Å². The smallest absolute Gasteiger partial charge is 0.476 e. The molecule has 1 aromatic heterocycles. The topological polar surface area (TPSA) is 40.6 Å². The second-order valence-electron chi connectivity index (χ2n) is 6.81. The SMILES string of the molecule is CC(C)COc1nccc(B2OC(C)(C)C(C)(C)O2)c1Cl. The van der Waals surface area contributed by atoms with Gasteiger partial charge in [-0.25, -0.2) is 4.98 Å². The van der Waals surface area contributed by atoms with Gasteiger partial charge in [-0.2, -0.15) is 0 Å². The van der Waals surface area contributed by atoms with E-state index in [1.165, 1.54) is 0 Å². The molecule has 0 N–H and O–H groups in total. The maximum atomic E-state index is 6.41. The zero-order chi connectivity index (χ0) is 15.8. The average Bonchev–Trinajstić information content (AvgIpc) is 2.57. The molecule has 0 atom stereocenters. The molecule has 0 bridgehead atoms. The Labute approximate surface area is 132 Å². The van der Waals surface area contributed by atoms with Gasteiger partial charge in [-0.3, -0.25) is 0 Å². The molecule has 1 saturated heterocycles. The number of aromatic nitrogens is 1. The summed E-state index contributed by atoms with van der Waals surface area (Å²) in [5.41, 5.74) is -0.0454. The van der Waals surface area contributed by atoms with Crippen LogP contribution in [0.3, 0.4) is 0 Å². The third kappa shape index (κ3) is 3.36. The van der Waals surface area contributed by atoms with E-state index in [1.807, 2.05) is 33.8 Å². The third-order valence-electron chi connectivity index (χ3n) is 3.95. The van der Waals surface area contributed by atoms with Crippen molar-refractivity contribution < 1.29 is 14.0 Å². The van der Waals surface area contributed by atoms with E-state index in [9.17, 15) is 0 Å². The molecule has 0 spiro atoms. The average molecular weight is 312 g/mol. The van der Waals surface area contributed by atoms with Crippen LogP contribution in [-0.4, -0.2) is 29.9 Å². The van der Waals surface area contributed by atoms with Crippen molar-refractivity contribution in [1.82, 2.24) is 4.98 Å². The van der Waals surface area contributed by atoms with Gasteiger partial charge in [-0.15, -0.1) is 0 Å². The van der Waals surface area contributed by atoms with Crippen LogP contribution in [0.25, 0.3) is 0 Å². The van der Waals surface area contributed by atoms with Gasteiger partial charge in [0, 0.05) is 11.7 Å². The summed E-state index contributed by atoms with van der Waals surface area (Å²) in [7, 11) is -0.508. The summed E-state index contributed by atoms with van der Waals surface area (Å²) in [4.78, 5) is 4.19. The maximum Gasteiger partial charge on any atom is 0.496 e. The molecule has 2 heterocycles. The molecule has 1 aliphatic heterocycles. The van der Waals surface area contributed by atoms with Gasteiger partial charge in [0.2, 0.25) is 5.88 Å². The van der Waals surface area contributed by atoms with E-state index in [1.54, 1.807) is 6.20 Å². The van der Waals surface area contributed by atoms with Gasteiger partial charge in [0.05, 0.1) is 17.8 Å². The first-order valence-electron chi connectivity index (χ1n) is 7.27. The minimum absolute atomic E-state index is 0.400. The van der Waals surface area contributed by atoms with Crippen LogP contribution < -0.4 is 10.2 Å². The summed E-state index contributed by atoms with van der Waals surface area (Å²) in [5.74, 6) is 0.834. The van der Waals surface area contributed by atoms with Crippen molar-refractivity contribution >= 4 is 24.2 Å². The van der Waals surface area contributed by atoms with E-state index >= 15 is 0 Å². The lowest BCUT2D eigenvalue weighted by molar-refractivity contribution is 0.00578. The van der Waals surface area contributed by atoms with E-state index < -0.39 is 18.3 Å². The molecule has 1 aliphatic rings. The molecule has 0 amide bonds. The van der Waals surface area contributed by atoms with Gasteiger partial charge < -0.3 is 14.0 Å². The summed E-state index contributed by atoms with van der Waals surface area (Å²) in [6.45, 7) is 12.8. The van der Waals surface area contributed by atoms with Crippen molar-refractivity contribution in [2.24, 2.45) is 5.92 Å². The molecule has 1 fully saturated rings. The Kier molecular flexibility index (Phi) is 4.57. The van der Waals surface area contributed by atoms with Crippen molar-refractivity contribution in [2.75, 3.05) is 6.61 Å². The van der Waals surface area contributed by atoms with Crippen molar-refractivity contribution in [2.45, 2.75) is 52.7 Å². The molecule has 0 radical (unpaired) electrons. The first kappa shape index (κ1) is 16.6. The molecule has 0 unspecified atom stereocenters. The van der Waals surface area contributed by atoms with Crippen LogP contribution in [0.4, 0.5) is 0 Å². The van der Waals surface area contributed by atoms with Crippen molar-refractivity contribution in [1.29, 1.82) is 0 Å². The monoisotopic (exact) mass is 311 g/mol. The standard InChI is InChI=1S/C15H23BClNO3/c1-10(2)9-19-13-12(17)11(7-8-18-13)16-20-14(3,4)15(5,6)21-16/h7-8,10H,9H2,1-6H3. The summed E-state index contributed by atoms with van der Waals surface area (Å²) in [5, 5.41) is 0.455. The van der Waals surface area contributed by atoms with E-state index in [2.05, 4.69) is 18.8 Å². The summed E-state index contributed by atoms with van der Waals surface area (Å²) < 4.78 is 17.7. The van der Waals surface area contributed by atoms with Crippen molar-refractivity contribution in [3.63, 3.8) is 0 Å². The molecule has 0 saturated carbocycles. The Bertz CT molecular complexity index is 504. The molecule has 21 heavy (non-hydrogen) atoms. The Balaban J connectivity index is 2.24. The minimum Gasteiger partial charge on any atom is -0.476 e. The van der Waals surface area contributed by atoms with Crippen LogP contribution in [0.15, 0.2) is 12.3 Å². The number of ether oxygens (including phenoxy) is 1. The van der Waals surface area contributed by atoms with Crippen LogP contribution >= 0.6 is 11.6 Å². The lowest BCUT2D eigenvalue weighted by atomic mass is 9.79. The van der Waals surface area contributed by atoms with Gasteiger partial charge in [0.15, 0.2) is 0 Å². The molecule has 4 nitrogen and oxygen atoms in total. The van der Waals surface area contributed by atoms with E-state index in [4.69, 9.17) is 25.6 Å². The Morgan fingerprint density at radius 3 is 2.33 bits per heavy atom. The van der Waals surface area contributed by atoms with Crippen molar-refractivity contribution in [3.8, 4) is 5.88 Å². The van der Waals surface area contributed by atoms with Crippen LogP contribution in [0.5, 0.6) is 5.88 Å². The highest BCUT2D eigenvalue weighted by Gasteiger charge is 2.52. The number of halogens is 1. The minimum atomic E-state index is -0.508. The van der Waals surface area contributed by atoms with Crippen LogP contribution in [-0.2, 0) is 9.31 Å². The summed E-state index contributed by atoms with van der Waals surface area (Å²) in [6.07, 6.45) is 1.67. The van der Waals surface area contributed by atoms with Crippen LogP contribution in [0.2, 0.25) is 5.02 Å². The van der Waals surface area contributed by atoms with E-state index in [0.717, 1.165) is 5.46 Å². The lowest BCUT2D eigenvalue weighted by Crippen LogP contribution is -2.41. The number of nitrogens with zero attached hydrogens (tertiary/aromatic N) is 1. The Morgan fingerprint density at radius 2 is 1.81 bits per heavy atom. The molecular weight excluding hydrogens is 288 g/mol. The van der Waals surface area contributed by atoms with Gasteiger partial charge >= 0.3 is 7.12 Å². The quantitative estimate of drug-likeness (QED) is 0.801. The molecule has 0 aliphatic carbocycles. The first-order chi connectivity index (χ1) is 9.64. The second-order valence-corrected chi connectivity index (χ2v) is 7.19. The zero-order valence-corrected chi connectivity index (χ0v) is 14.3. The fourth-order valence-corrected chi connectivity index (χ4v) is 2.19. The number of rotatable bonds is 4. The normalized spacial score (nSPS) is 20.1. The van der Waals surface area contributed by atoms with Crippen molar-refractivity contribution in [3.05, 3.63) is 17.3 Å². The molecule has 116 valence electrons. The molecule has 6 heteroatoms. The maximum absolute atomic E-state index is 6.41. The van der Waals surface area contributed by atoms with Crippen LogP contribution in [0, 0.1) is 5.92 Å². The fourth-order valence-electron chi connectivity index (χ4n) is 1.94. The highest BCUT2D eigenvalue weighted by Crippen LogP contribution is 2.37. The van der Waals surface area contributed by atoms with E-state index in [-0.39, 0.29) is 0 Å². The highest BCUT2D eigenvalue weighted by molar-refractivity contribution is 6.65. The first-order valence-corrected chi connectivity index (χ1v) is 7.64. The molecule has 2 rings (SSSR count). The lowest BCUT2D eigenvalue weighted by Gasteiger charge is -2.32. The predicted molar refractivity (Wildman–Crippen MR) is 85.3 cm³/mol. The summed E-state index contributed by atoms with van der Waals surface area (Å²) >= 11 is 6.41. The van der Waals surface area contributed by atoms with E-state index in [0.29, 0.717) is 23.4 Å². The molecule has 1 aromatic rings. The van der Waals surface area contributed by atoms with Crippen LogP contribution in [0.1, 0.15) is 41.5 Å². The molecular formula is C15H23BClNO3. The Hall–Kier alpha value is -0.775. The van der Waals surface area contributed by atoms with Gasteiger partial charge in [-0.1, -0.05) is 25.4 Å². The molecule has 0 aromatic carbocycles. The predicted octanol–water partition coefficient (Wildman–Crippen LogP) is 3.07. The number of pyridine rings is 1. The van der Waals surface area contributed by atoms with Gasteiger partial charge in [0.1, 0.15) is 5.02 Å². The Morgan fingerprint density at radius 1 is 1.24 bits per heavy atom. The number of hydrogen-bond acceptors (Lipinski definition) is 4. The zero-order valence-electron chi connectivity index (χ0n) is 13.6. The largest absolute Gasteiger partial charge is 0.496 e. The highest BCUT2D eigenvalue weighted by atomic mass is 35.5. The summed E-state index contributed by atoms with van der Waals surface area (Å²) in [6, 6.07) is 1.81. The fraction of sp³-hybridized carbons (Fsp3) is 0.667.